The summed E-state index contributed by atoms with van der Waals surface area (Å²) in [4.78, 5) is 14.9. The molecule has 2 aromatic rings. The summed E-state index contributed by atoms with van der Waals surface area (Å²) in [6.07, 6.45) is 4.69. The van der Waals surface area contributed by atoms with Crippen molar-refractivity contribution in [2.45, 2.75) is 30.6 Å². The van der Waals surface area contributed by atoms with E-state index < -0.39 is 10.0 Å². The number of piperidine rings is 1. The monoisotopic (exact) mass is 445 g/mol. The Labute approximate surface area is 184 Å². The van der Waals surface area contributed by atoms with Gasteiger partial charge in [-0.3, -0.25) is 4.79 Å². The van der Waals surface area contributed by atoms with Crippen molar-refractivity contribution < 1.29 is 17.9 Å². The molecule has 7 nitrogen and oxygen atoms in total. The van der Waals surface area contributed by atoms with Gasteiger partial charge in [0.1, 0.15) is 12.4 Å². The van der Waals surface area contributed by atoms with Gasteiger partial charge in [-0.2, -0.15) is 0 Å². The molecule has 31 heavy (non-hydrogen) atoms. The highest BCUT2D eigenvalue weighted by molar-refractivity contribution is 7.89. The van der Waals surface area contributed by atoms with Gasteiger partial charge >= 0.3 is 0 Å². The summed E-state index contributed by atoms with van der Waals surface area (Å²) >= 11 is 0. The number of para-hydroxylation sites is 1. The maximum atomic E-state index is 12.5. The zero-order valence-electron chi connectivity index (χ0n) is 17.8. The summed E-state index contributed by atoms with van der Waals surface area (Å²) in [5.74, 6) is 0.420. The Morgan fingerprint density at radius 3 is 2.52 bits per heavy atom. The van der Waals surface area contributed by atoms with E-state index in [1.54, 1.807) is 12.1 Å². The van der Waals surface area contributed by atoms with Crippen LogP contribution in [0.25, 0.3) is 0 Å². The fourth-order valence-electron chi connectivity index (χ4n) is 3.54. The van der Waals surface area contributed by atoms with Gasteiger partial charge in [-0.25, -0.2) is 13.1 Å². The number of benzene rings is 2. The van der Waals surface area contributed by atoms with Gasteiger partial charge in [0, 0.05) is 18.7 Å². The number of amides is 1. The largest absolute Gasteiger partial charge is 0.492 e. The predicted molar refractivity (Wildman–Crippen MR) is 121 cm³/mol. The smallest absolute Gasteiger partial charge is 0.251 e. The van der Waals surface area contributed by atoms with Crippen molar-refractivity contribution in [2.24, 2.45) is 0 Å². The summed E-state index contributed by atoms with van der Waals surface area (Å²) < 4.78 is 33.1. The topological polar surface area (TPSA) is 87.7 Å². The molecule has 1 aliphatic rings. The third kappa shape index (κ3) is 7.65. The lowest BCUT2D eigenvalue weighted by molar-refractivity contribution is 0.0951. The van der Waals surface area contributed by atoms with Gasteiger partial charge < -0.3 is 15.0 Å². The number of hydrogen-bond donors (Lipinski definition) is 2. The number of hydrogen-bond acceptors (Lipinski definition) is 5. The molecule has 0 radical (unpaired) electrons. The normalized spacial score (nSPS) is 14.8. The average Bonchev–Trinajstić information content (AvgIpc) is 2.81. The Balaban J connectivity index is 1.44. The molecule has 0 aliphatic carbocycles. The molecule has 1 fully saturated rings. The molecule has 2 aromatic carbocycles. The second-order valence-corrected chi connectivity index (χ2v) is 9.37. The quantitative estimate of drug-likeness (QED) is 0.519. The number of nitrogens with zero attached hydrogens (tertiary/aromatic N) is 1. The highest BCUT2D eigenvalue weighted by Gasteiger charge is 2.16. The van der Waals surface area contributed by atoms with Gasteiger partial charge in [-0.05, 0) is 69.2 Å². The maximum Gasteiger partial charge on any atom is 0.251 e. The first kappa shape index (κ1) is 23.2. The fraction of sp³-hybridized carbons (Fsp3) is 0.435. The molecule has 2 N–H and O–H groups in total. The second kappa shape index (κ2) is 11.8. The summed E-state index contributed by atoms with van der Waals surface area (Å²) in [6.45, 7) is 4.16. The SMILES string of the molecule is O=C(NCCCN1CCCCC1)c1cccc(S(=O)(=O)NCCOc2ccccc2)c1. The number of rotatable bonds is 11. The van der Waals surface area contributed by atoms with Crippen LogP contribution >= 0.6 is 0 Å². The van der Waals surface area contributed by atoms with Crippen molar-refractivity contribution in [2.75, 3.05) is 39.3 Å². The molecule has 0 bridgehead atoms. The summed E-state index contributed by atoms with van der Waals surface area (Å²) in [6, 6.07) is 15.3. The average molecular weight is 446 g/mol. The third-order valence-electron chi connectivity index (χ3n) is 5.20. The lowest BCUT2D eigenvalue weighted by Crippen LogP contribution is -2.33. The number of ether oxygens (including phenoxy) is 1. The van der Waals surface area contributed by atoms with E-state index in [0.29, 0.717) is 17.9 Å². The molecule has 1 saturated heterocycles. The summed E-state index contributed by atoms with van der Waals surface area (Å²) in [7, 11) is -3.73. The van der Waals surface area contributed by atoms with Crippen molar-refractivity contribution in [1.29, 1.82) is 0 Å². The molecule has 0 atom stereocenters. The number of carbonyl (C=O) groups excluding carboxylic acids is 1. The minimum Gasteiger partial charge on any atom is -0.492 e. The Kier molecular flexibility index (Phi) is 8.87. The molecular weight excluding hydrogens is 414 g/mol. The van der Waals surface area contributed by atoms with Crippen molar-refractivity contribution >= 4 is 15.9 Å². The molecular formula is C23H31N3O4S. The van der Waals surface area contributed by atoms with Crippen LogP contribution in [0.15, 0.2) is 59.5 Å². The van der Waals surface area contributed by atoms with E-state index >= 15 is 0 Å². The lowest BCUT2D eigenvalue weighted by atomic mass is 10.1. The first-order valence-electron chi connectivity index (χ1n) is 10.8. The Morgan fingerprint density at radius 2 is 1.74 bits per heavy atom. The molecule has 0 aromatic heterocycles. The molecule has 8 heteroatoms. The van der Waals surface area contributed by atoms with Crippen LogP contribution in [-0.2, 0) is 10.0 Å². The molecule has 3 rings (SSSR count). The van der Waals surface area contributed by atoms with Crippen LogP contribution in [-0.4, -0.2) is 58.6 Å². The maximum absolute atomic E-state index is 12.5. The van der Waals surface area contributed by atoms with Crippen LogP contribution in [0.5, 0.6) is 5.75 Å². The van der Waals surface area contributed by atoms with Crippen LogP contribution < -0.4 is 14.8 Å². The lowest BCUT2D eigenvalue weighted by Gasteiger charge is -2.26. The molecule has 1 heterocycles. The van der Waals surface area contributed by atoms with Crippen molar-refractivity contribution in [3.05, 3.63) is 60.2 Å². The Hall–Kier alpha value is -2.42. The molecule has 1 amide bonds. The third-order valence-corrected chi connectivity index (χ3v) is 6.66. The van der Waals surface area contributed by atoms with Gasteiger partial charge in [0.25, 0.3) is 5.91 Å². The van der Waals surface area contributed by atoms with Crippen LogP contribution in [0.2, 0.25) is 0 Å². The molecule has 0 saturated carbocycles. The Bertz CT molecular complexity index is 929. The number of sulfonamides is 1. The first-order chi connectivity index (χ1) is 15.0. The fourth-order valence-corrected chi connectivity index (χ4v) is 4.60. The van der Waals surface area contributed by atoms with Crippen molar-refractivity contribution in [1.82, 2.24) is 14.9 Å². The minimum atomic E-state index is -3.73. The van der Waals surface area contributed by atoms with Crippen LogP contribution in [0.1, 0.15) is 36.0 Å². The summed E-state index contributed by atoms with van der Waals surface area (Å²) in [5, 5.41) is 2.89. The number of carbonyl (C=O) groups is 1. The molecule has 1 aliphatic heterocycles. The first-order valence-corrected chi connectivity index (χ1v) is 12.3. The van der Waals surface area contributed by atoms with E-state index in [2.05, 4.69) is 14.9 Å². The van der Waals surface area contributed by atoms with E-state index in [4.69, 9.17) is 4.74 Å². The highest BCUT2D eigenvalue weighted by Crippen LogP contribution is 2.12. The van der Waals surface area contributed by atoms with Gasteiger partial charge in [0.05, 0.1) is 4.90 Å². The molecule has 0 unspecified atom stereocenters. The van der Waals surface area contributed by atoms with E-state index in [-0.39, 0.29) is 24.0 Å². The standard InChI is InChI=1S/C23H31N3O4S/c27-23(24-13-8-17-26-15-5-2-6-16-26)20-9-7-12-22(19-20)31(28,29)25-14-18-30-21-10-3-1-4-11-21/h1,3-4,7,9-12,19,25H,2,5-6,8,13-18H2,(H,24,27). The van der Waals surface area contributed by atoms with E-state index in [0.717, 1.165) is 26.1 Å². The zero-order valence-corrected chi connectivity index (χ0v) is 18.6. The van der Waals surface area contributed by atoms with Gasteiger partial charge in [-0.15, -0.1) is 0 Å². The van der Waals surface area contributed by atoms with Gasteiger partial charge in [0.15, 0.2) is 0 Å². The van der Waals surface area contributed by atoms with Crippen molar-refractivity contribution in [3.8, 4) is 5.75 Å². The second-order valence-electron chi connectivity index (χ2n) is 7.60. The predicted octanol–water partition coefficient (Wildman–Crippen LogP) is 2.65. The van der Waals surface area contributed by atoms with E-state index in [1.165, 1.54) is 31.4 Å². The summed E-state index contributed by atoms with van der Waals surface area (Å²) in [5.41, 5.74) is 0.335. The van der Waals surface area contributed by atoms with Gasteiger partial charge in [0.2, 0.25) is 10.0 Å². The van der Waals surface area contributed by atoms with Crippen molar-refractivity contribution in [3.63, 3.8) is 0 Å². The van der Waals surface area contributed by atoms with Gasteiger partial charge in [-0.1, -0.05) is 30.7 Å². The zero-order chi connectivity index (χ0) is 21.9. The van der Waals surface area contributed by atoms with E-state index in [9.17, 15) is 13.2 Å². The molecule has 0 spiro atoms. The number of nitrogens with one attached hydrogen (secondary N) is 2. The highest BCUT2D eigenvalue weighted by atomic mass is 32.2. The van der Waals surface area contributed by atoms with E-state index in [1.807, 2.05) is 30.3 Å². The number of likely N-dealkylation sites (tertiary alicyclic amines) is 1. The minimum absolute atomic E-state index is 0.0631. The van der Waals surface area contributed by atoms with Crippen LogP contribution in [0, 0.1) is 0 Å². The Morgan fingerprint density at radius 1 is 0.968 bits per heavy atom. The molecule has 168 valence electrons. The van der Waals surface area contributed by atoms with Crippen LogP contribution in [0.3, 0.4) is 0 Å². The van der Waals surface area contributed by atoms with Crippen LogP contribution in [0.4, 0.5) is 0 Å².